The summed E-state index contributed by atoms with van der Waals surface area (Å²) in [7, 11) is 0. The first-order chi connectivity index (χ1) is 9.22. The van der Waals surface area contributed by atoms with Crippen molar-refractivity contribution in [3.8, 4) is 0 Å². The minimum absolute atomic E-state index is 0.0659. The first-order valence-corrected chi connectivity index (χ1v) is 6.27. The van der Waals surface area contributed by atoms with E-state index in [0.717, 1.165) is 23.4 Å². The molecule has 5 heteroatoms. The van der Waals surface area contributed by atoms with Crippen LogP contribution in [0.3, 0.4) is 0 Å². The lowest BCUT2D eigenvalue weighted by atomic mass is 9.93. The molecule has 98 valence electrons. The Labute approximate surface area is 111 Å². The summed E-state index contributed by atoms with van der Waals surface area (Å²) in [5, 5.41) is 5.98. The summed E-state index contributed by atoms with van der Waals surface area (Å²) in [6.45, 7) is 2.44. The van der Waals surface area contributed by atoms with Gasteiger partial charge in [-0.3, -0.25) is 10.1 Å². The Kier molecular flexibility index (Phi) is 2.95. The van der Waals surface area contributed by atoms with Crippen LogP contribution in [0.15, 0.2) is 34.9 Å². The molecule has 1 atom stereocenters. The van der Waals surface area contributed by atoms with E-state index in [-0.39, 0.29) is 17.8 Å². The predicted octanol–water partition coefficient (Wildman–Crippen LogP) is 2.21. The number of carbonyl (C=O) groups excluding carboxylic acids is 1. The Bertz CT molecular complexity index is 606. The van der Waals surface area contributed by atoms with E-state index in [1.165, 1.54) is 6.26 Å². The molecule has 1 unspecified atom stereocenters. The van der Waals surface area contributed by atoms with E-state index in [1.54, 1.807) is 0 Å². The molecule has 1 aromatic heterocycles. The standard InChI is InChI=1S/C14H15N3O2/c1-9-8-19-14(16-9)17-13(18)11-6-10-4-2-3-5-12(10)15-7-11/h2-5,8,11,15H,6-7H2,1H3,(H,16,17,18). The number of benzene rings is 1. The molecule has 0 spiro atoms. The monoisotopic (exact) mass is 257 g/mol. The molecule has 1 aromatic carbocycles. The number of aryl methyl sites for hydroxylation is 1. The fraction of sp³-hybridized carbons (Fsp3) is 0.286. The van der Waals surface area contributed by atoms with Gasteiger partial charge in [-0.25, -0.2) is 0 Å². The van der Waals surface area contributed by atoms with Gasteiger partial charge in [-0.2, -0.15) is 4.98 Å². The smallest absolute Gasteiger partial charge is 0.301 e. The van der Waals surface area contributed by atoms with Crippen LogP contribution in [0, 0.1) is 12.8 Å². The lowest BCUT2D eigenvalue weighted by molar-refractivity contribution is -0.119. The summed E-state index contributed by atoms with van der Waals surface area (Å²) in [5.41, 5.74) is 3.03. The summed E-state index contributed by atoms with van der Waals surface area (Å²) >= 11 is 0. The average molecular weight is 257 g/mol. The van der Waals surface area contributed by atoms with Crippen molar-refractivity contribution in [3.63, 3.8) is 0 Å². The highest BCUT2D eigenvalue weighted by atomic mass is 16.4. The zero-order valence-electron chi connectivity index (χ0n) is 10.6. The molecule has 2 aromatic rings. The van der Waals surface area contributed by atoms with E-state index in [0.29, 0.717) is 6.54 Å². The summed E-state index contributed by atoms with van der Waals surface area (Å²) in [6, 6.07) is 8.30. The van der Waals surface area contributed by atoms with E-state index in [2.05, 4.69) is 15.6 Å². The second-order valence-electron chi connectivity index (χ2n) is 4.72. The van der Waals surface area contributed by atoms with Crippen molar-refractivity contribution in [2.45, 2.75) is 13.3 Å². The molecule has 0 saturated heterocycles. The number of rotatable bonds is 2. The minimum atomic E-state index is -0.109. The molecule has 0 fully saturated rings. The number of nitrogens with zero attached hydrogens (tertiary/aromatic N) is 1. The molecule has 5 nitrogen and oxygen atoms in total. The Morgan fingerprint density at radius 1 is 1.47 bits per heavy atom. The van der Waals surface area contributed by atoms with Gasteiger partial charge in [-0.1, -0.05) is 18.2 Å². The second-order valence-corrected chi connectivity index (χ2v) is 4.72. The van der Waals surface area contributed by atoms with Crippen molar-refractivity contribution < 1.29 is 9.21 Å². The Hall–Kier alpha value is -2.30. The molecular weight excluding hydrogens is 242 g/mol. The number of hydrogen-bond donors (Lipinski definition) is 2. The van der Waals surface area contributed by atoms with Crippen molar-refractivity contribution in [1.82, 2.24) is 4.98 Å². The molecule has 0 radical (unpaired) electrons. The lowest BCUT2D eigenvalue weighted by Crippen LogP contribution is -2.33. The number of anilines is 2. The third-order valence-corrected chi connectivity index (χ3v) is 3.24. The molecule has 1 aliphatic heterocycles. The normalized spacial score (nSPS) is 17.4. The number of amides is 1. The SMILES string of the molecule is Cc1coc(NC(=O)C2CNc3ccccc3C2)n1. The van der Waals surface area contributed by atoms with Gasteiger partial charge in [0.15, 0.2) is 0 Å². The van der Waals surface area contributed by atoms with Crippen LogP contribution in [0.25, 0.3) is 0 Å². The summed E-state index contributed by atoms with van der Waals surface area (Å²) in [5.74, 6) is -0.175. The molecule has 1 aliphatic rings. The summed E-state index contributed by atoms with van der Waals surface area (Å²) in [4.78, 5) is 16.2. The molecule has 0 saturated carbocycles. The van der Waals surface area contributed by atoms with Gasteiger partial charge in [0.2, 0.25) is 5.91 Å². The van der Waals surface area contributed by atoms with Gasteiger partial charge >= 0.3 is 6.01 Å². The van der Waals surface area contributed by atoms with E-state index < -0.39 is 0 Å². The third-order valence-electron chi connectivity index (χ3n) is 3.24. The average Bonchev–Trinajstić information content (AvgIpc) is 2.83. The first-order valence-electron chi connectivity index (χ1n) is 6.27. The number of oxazole rings is 1. The highest BCUT2D eigenvalue weighted by Crippen LogP contribution is 2.24. The van der Waals surface area contributed by atoms with Gasteiger partial charge in [0.1, 0.15) is 6.26 Å². The van der Waals surface area contributed by atoms with Crippen LogP contribution in [-0.4, -0.2) is 17.4 Å². The van der Waals surface area contributed by atoms with Gasteiger partial charge in [-0.05, 0) is 25.0 Å². The van der Waals surface area contributed by atoms with Gasteiger partial charge in [-0.15, -0.1) is 0 Å². The van der Waals surface area contributed by atoms with Gasteiger partial charge < -0.3 is 9.73 Å². The zero-order valence-corrected chi connectivity index (χ0v) is 10.6. The number of nitrogens with one attached hydrogen (secondary N) is 2. The molecule has 3 rings (SSSR count). The van der Waals surface area contributed by atoms with Gasteiger partial charge in [0.25, 0.3) is 0 Å². The van der Waals surface area contributed by atoms with Crippen molar-refractivity contribution in [2.75, 3.05) is 17.2 Å². The van der Waals surface area contributed by atoms with Crippen molar-refractivity contribution in [1.29, 1.82) is 0 Å². The largest absolute Gasteiger partial charge is 0.432 e. The second kappa shape index (κ2) is 4.76. The van der Waals surface area contributed by atoms with Crippen molar-refractivity contribution in [2.24, 2.45) is 5.92 Å². The van der Waals surface area contributed by atoms with Crippen molar-refractivity contribution in [3.05, 3.63) is 41.8 Å². The highest BCUT2D eigenvalue weighted by molar-refractivity contribution is 5.91. The van der Waals surface area contributed by atoms with Crippen LogP contribution >= 0.6 is 0 Å². The Morgan fingerprint density at radius 2 is 2.32 bits per heavy atom. The Balaban J connectivity index is 1.69. The predicted molar refractivity (Wildman–Crippen MR) is 72.0 cm³/mol. The van der Waals surface area contributed by atoms with Crippen LogP contribution in [0.5, 0.6) is 0 Å². The zero-order chi connectivity index (χ0) is 13.2. The topological polar surface area (TPSA) is 67.2 Å². The molecule has 2 heterocycles. The van der Waals surface area contributed by atoms with Gasteiger partial charge in [0.05, 0.1) is 11.6 Å². The molecular formula is C14H15N3O2. The molecule has 0 aliphatic carbocycles. The van der Waals surface area contributed by atoms with Crippen LogP contribution in [0.4, 0.5) is 11.7 Å². The summed E-state index contributed by atoms with van der Waals surface area (Å²) in [6.07, 6.45) is 2.25. The molecule has 1 amide bonds. The number of fused-ring (bicyclic) bond motifs is 1. The van der Waals surface area contributed by atoms with E-state index >= 15 is 0 Å². The number of carbonyl (C=O) groups is 1. The number of hydrogen-bond acceptors (Lipinski definition) is 4. The lowest BCUT2D eigenvalue weighted by Gasteiger charge is -2.24. The molecule has 2 N–H and O–H groups in total. The minimum Gasteiger partial charge on any atom is -0.432 e. The molecule has 0 bridgehead atoms. The van der Waals surface area contributed by atoms with Crippen LogP contribution in [-0.2, 0) is 11.2 Å². The fourth-order valence-corrected chi connectivity index (χ4v) is 2.25. The Morgan fingerprint density at radius 3 is 3.11 bits per heavy atom. The van der Waals surface area contributed by atoms with Crippen LogP contribution < -0.4 is 10.6 Å². The first kappa shape index (κ1) is 11.8. The van der Waals surface area contributed by atoms with E-state index in [4.69, 9.17) is 4.42 Å². The maximum Gasteiger partial charge on any atom is 0.301 e. The van der Waals surface area contributed by atoms with E-state index in [1.807, 2.05) is 31.2 Å². The van der Waals surface area contributed by atoms with Crippen molar-refractivity contribution >= 4 is 17.6 Å². The number of aromatic nitrogens is 1. The quantitative estimate of drug-likeness (QED) is 0.865. The maximum atomic E-state index is 12.1. The highest BCUT2D eigenvalue weighted by Gasteiger charge is 2.25. The van der Waals surface area contributed by atoms with Crippen LogP contribution in [0.2, 0.25) is 0 Å². The number of para-hydroxylation sites is 1. The third kappa shape index (κ3) is 2.45. The molecule has 19 heavy (non-hydrogen) atoms. The van der Waals surface area contributed by atoms with E-state index in [9.17, 15) is 4.79 Å². The van der Waals surface area contributed by atoms with Gasteiger partial charge in [0, 0.05) is 12.2 Å². The maximum absolute atomic E-state index is 12.1. The summed E-state index contributed by atoms with van der Waals surface area (Å²) < 4.78 is 5.13. The van der Waals surface area contributed by atoms with Crippen LogP contribution in [0.1, 0.15) is 11.3 Å². The fourth-order valence-electron chi connectivity index (χ4n) is 2.25.